The summed E-state index contributed by atoms with van der Waals surface area (Å²) in [5.74, 6) is 0.873. The van der Waals surface area contributed by atoms with Crippen molar-refractivity contribution in [3.05, 3.63) is 24.3 Å². The van der Waals surface area contributed by atoms with Crippen LogP contribution in [0.5, 0.6) is 5.75 Å². The lowest BCUT2D eigenvalue weighted by Gasteiger charge is -2.25. The molecule has 2 atom stereocenters. The maximum absolute atomic E-state index is 11.7. The number of nitrogens with zero attached hydrogens (tertiary/aromatic N) is 1. The fourth-order valence-corrected chi connectivity index (χ4v) is 4.07. The third-order valence-corrected chi connectivity index (χ3v) is 4.79. The Labute approximate surface area is 107 Å². The van der Waals surface area contributed by atoms with Gasteiger partial charge in [0, 0.05) is 5.69 Å². The first-order valence-corrected chi connectivity index (χ1v) is 7.58. The third-order valence-electron chi connectivity index (χ3n) is 3.10. The van der Waals surface area contributed by atoms with Gasteiger partial charge in [-0.15, -0.1) is 0 Å². The number of benzene rings is 1. The highest BCUT2D eigenvalue weighted by molar-refractivity contribution is 7.91. The summed E-state index contributed by atoms with van der Waals surface area (Å²) in [6.07, 6.45) is -0.325. The predicted octanol–water partition coefficient (Wildman–Crippen LogP) is 0.375. The largest absolute Gasteiger partial charge is 0.488 e. The summed E-state index contributed by atoms with van der Waals surface area (Å²) in [7, 11) is 0.723. The first kappa shape index (κ1) is 13.2. The molecule has 1 saturated heterocycles. The van der Waals surface area contributed by atoms with Gasteiger partial charge in [0.1, 0.15) is 11.9 Å². The summed E-state index contributed by atoms with van der Waals surface area (Å²) in [5, 5.41) is 0. The van der Waals surface area contributed by atoms with E-state index < -0.39 is 9.84 Å². The number of nitrogen functional groups attached to an aromatic ring is 1. The van der Waals surface area contributed by atoms with E-state index in [4.69, 9.17) is 10.5 Å². The fourth-order valence-electron chi connectivity index (χ4n) is 2.11. The van der Waals surface area contributed by atoms with Gasteiger partial charge in [0.25, 0.3) is 0 Å². The van der Waals surface area contributed by atoms with Gasteiger partial charge in [-0.25, -0.2) is 8.42 Å². The van der Waals surface area contributed by atoms with Crippen LogP contribution in [0.3, 0.4) is 0 Å². The molecule has 0 spiro atoms. The van der Waals surface area contributed by atoms with E-state index in [0.29, 0.717) is 11.4 Å². The van der Waals surface area contributed by atoms with E-state index in [1.54, 1.807) is 24.3 Å². The van der Waals surface area contributed by atoms with Crippen LogP contribution in [0.25, 0.3) is 0 Å². The number of nitrogens with two attached hydrogens (primary N) is 1. The van der Waals surface area contributed by atoms with E-state index in [1.165, 1.54) is 0 Å². The molecule has 1 aliphatic rings. The molecule has 100 valence electrons. The topological polar surface area (TPSA) is 72.6 Å². The number of anilines is 1. The molecule has 2 unspecified atom stereocenters. The van der Waals surface area contributed by atoms with Gasteiger partial charge in [-0.3, -0.25) is 0 Å². The molecule has 0 aromatic heterocycles. The second kappa shape index (κ2) is 4.78. The Kier molecular flexibility index (Phi) is 3.49. The molecule has 1 aromatic carbocycles. The van der Waals surface area contributed by atoms with E-state index in [1.807, 2.05) is 19.0 Å². The average molecular weight is 270 g/mol. The van der Waals surface area contributed by atoms with Gasteiger partial charge < -0.3 is 15.4 Å². The lowest BCUT2D eigenvalue weighted by molar-refractivity contribution is 0.135. The quantitative estimate of drug-likeness (QED) is 0.804. The van der Waals surface area contributed by atoms with Crippen LogP contribution in [0, 0.1) is 0 Å². The summed E-state index contributed by atoms with van der Waals surface area (Å²) < 4.78 is 29.1. The van der Waals surface area contributed by atoms with Crippen molar-refractivity contribution >= 4 is 15.5 Å². The summed E-state index contributed by atoms with van der Waals surface area (Å²) >= 11 is 0. The maximum Gasteiger partial charge on any atom is 0.155 e. The van der Waals surface area contributed by atoms with Crippen molar-refractivity contribution in [3.63, 3.8) is 0 Å². The van der Waals surface area contributed by atoms with Crippen molar-refractivity contribution in [2.45, 2.75) is 12.1 Å². The number of likely N-dealkylation sites (N-methyl/N-ethyl adjacent to an activating group) is 1. The molecule has 1 aromatic rings. The molecule has 18 heavy (non-hydrogen) atoms. The Bertz CT molecular complexity index is 511. The molecular weight excluding hydrogens is 252 g/mol. The van der Waals surface area contributed by atoms with Crippen molar-refractivity contribution in [3.8, 4) is 5.75 Å². The molecule has 0 saturated carbocycles. The molecule has 6 heteroatoms. The van der Waals surface area contributed by atoms with Crippen molar-refractivity contribution in [1.82, 2.24) is 4.90 Å². The molecule has 0 aliphatic carbocycles. The minimum atomic E-state index is -3.01. The predicted molar refractivity (Wildman–Crippen MR) is 71.4 cm³/mol. The lowest BCUT2D eigenvalue weighted by Crippen LogP contribution is -2.41. The molecule has 0 bridgehead atoms. The maximum atomic E-state index is 11.7. The monoisotopic (exact) mass is 270 g/mol. The molecule has 1 heterocycles. The molecule has 1 aliphatic heterocycles. The molecule has 1 fully saturated rings. The van der Waals surface area contributed by atoms with E-state index >= 15 is 0 Å². The van der Waals surface area contributed by atoms with Gasteiger partial charge in [0.15, 0.2) is 9.84 Å². The molecule has 2 N–H and O–H groups in total. The number of hydrogen-bond donors (Lipinski definition) is 1. The number of hydrogen-bond acceptors (Lipinski definition) is 5. The smallest absolute Gasteiger partial charge is 0.155 e. The summed E-state index contributed by atoms with van der Waals surface area (Å²) in [6, 6.07) is 6.89. The second-order valence-corrected chi connectivity index (χ2v) is 6.99. The van der Waals surface area contributed by atoms with Gasteiger partial charge in [0.2, 0.25) is 0 Å². The van der Waals surface area contributed by atoms with Gasteiger partial charge in [-0.2, -0.15) is 0 Å². The first-order valence-electron chi connectivity index (χ1n) is 5.76. The summed E-state index contributed by atoms with van der Waals surface area (Å²) in [6.45, 7) is 0. The SMILES string of the molecule is CN(C)C1CS(=O)(=O)CC1Oc1ccc(N)cc1. The Hall–Kier alpha value is -1.27. The summed E-state index contributed by atoms with van der Waals surface area (Å²) in [4.78, 5) is 1.90. The van der Waals surface area contributed by atoms with Crippen molar-refractivity contribution in [2.24, 2.45) is 0 Å². The van der Waals surface area contributed by atoms with Crippen LogP contribution in [-0.4, -0.2) is 51.1 Å². The number of ether oxygens (including phenoxy) is 1. The van der Waals surface area contributed by atoms with Crippen LogP contribution in [-0.2, 0) is 9.84 Å². The standard InChI is InChI=1S/C12H18N2O3S/c1-14(2)11-7-18(15,16)8-12(11)17-10-5-3-9(13)4-6-10/h3-6,11-12H,7-8,13H2,1-2H3. The Morgan fingerprint density at radius 2 is 1.83 bits per heavy atom. The zero-order valence-corrected chi connectivity index (χ0v) is 11.4. The average Bonchev–Trinajstić information content (AvgIpc) is 2.57. The van der Waals surface area contributed by atoms with Crippen molar-refractivity contribution < 1.29 is 13.2 Å². The Morgan fingerprint density at radius 3 is 2.39 bits per heavy atom. The van der Waals surface area contributed by atoms with E-state index in [0.717, 1.165) is 0 Å². The van der Waals surface area contributed by atoms with Crippen molar-refractivity contribution in [2.75, 3.05) is 31.3 Å². The van der Waals surface area contributed by atoms with Crippen LogP contribution in [0.15, 0.2) is 24.3 Å². The fraction of sp³-hybridized carbons (Fsp3) is 0.500. The van der Waals surface area contributed by atoms with Gasteiger partial charge >= 0.3 is 0 Å². The highest BCUT2D eigenvalue weighted by atomic mass is 32.2. The van der Waals surface area contributed by atoms with E-state index in [2.05, 4.69) is 0 Å². The number of rotatable bonds is 3. The molecule has 2 rings (SSSR count). The van der Waals surface area contributed by atoms with Crippen molar-refractivity contribution in [1.29, 1.82) is 0 Å². The van der Waals surface area contributed by atoms with Crippen LogP contribution in [0.1, 0.15) is 0 Å². The third kappa shape index (κ3) is 2.94. The molecule has 0 amide bonds. The lowest BCUT2D eigenvalue weighted by atomic mass is 10.2. The Balaban J connectivity index is 2.14. The van der Waals surface area contributed by atoms with Gasteiger partial charge in [-0.1, -0.05) is 0 Å². The second-order valence-electron chi connectivity index (χ2n) is 4.83. The highest BCUT2D eigenvalue weighted by Gasteiger charge is 2.40. The van der Waals surface area contributed by atoms with Crippen LogP contribution < -0.4 is 10.5 Å². The molecule has 0 radical (unpaired) electrons. The Morgan fingerprint density at radius 1 is 1.22 bits per heavy atom. The number of sulfone groups is 1. The van der Waals surface area contributed by atoms with E-state index in [-0.39, 0.29) is 23.7 Å². The zero-order chi connectivity index (χ0) is 13.3. The minimum absolute atomic E-state index is 0.0697. The normalized spacial score (nSPS) is 26.4. The van der Waals surface area contributed by atoms with Crippen LogP contribution in [0.2, 0.25) is 0 Å². The first-order chi connectivity index (χ1) is 8.37. The van der Waals surface area contributed by atoms with Gasteiger partial charge in [-0.05, 0) is 38.4 Å². The highest BCUT2D eigenvalue weighted by Crippen LogP contribution is 2.23. The molecule has 5 nitrogen and oxygen atoms in total. The van der Waals surface area contributed by atoms with Crippen LogP contribution >= 0.6 is 0 Å². The molecular formula is C12H18N2O3S. The zero-order valence-electron chi connectivity index (χ0n) is 10.5. The van der Waals surface area contributed by atoms with Gasteiger partial charge in [0.05, 0.1) is 17.5 Å². The van der Waals surface area contributed by atoms with Crippen LogP contribution in [0.4, 0.5) is 5.69 Å². The summed E-state index contributed by atoms with van der Waals surface area (Å²) in [5.41, 5.74) is 6.25. The minimum Gasteiger partial charge on any atom is -0.488 e. The van der Waals surface area contributed by atoms with E-state index in [9.17, 15) is 8.42 Å².